The van der Waals surface area contributed by atoms with Crippen LogP contribution in [0.5, 0.6) is 0 Å². The summed E-state index contributed by atoms with van der Waals surface area (Å²) in [6, 6.07) is 0. The molecule has 0 saturated heterocycles. The monoisotopic (exact) mass is 364 g/mol. The molecule has 1 fully saturated rings. The maximum atomic E-state index is 2.57. The maximum absolute atomic E-state index is 2.57. The summed E-state index contributed by atoms with van der Waals surface area (Å²) in [5.74, 6) is 9.11. The third-order valence-corrected chi connectivity index (χ3v) is 10.1. The minimum absolute atomic E-state index is 0.525. The second-order valence-electron chi connectivity index (χ2n) is 11.5. The second kappa shape index (κ2) is 9.00. The molecule has 1 aliphatic carbocycles. The molecule has 0 aromatic carbocycles. The number of hydrogen-bond donors (Lipinski definition) is 0. The first-order chi connectivity index (χ1) is 11.8. The third kappa shape index (κ3) is 4.35. The van der Waals surface area contributed by atoms with E-state index in [4.69, 9.17) is 0 Å². The molecule has 9 unspecified atom stereocenters. The largest absolute Gasteiger partial charge is 0.0651 e. The van der Waals surface area contributed by atoms with Crippen LogP contribution < -0.4 is 0 Å². The van der Waals surface area contributed by atoms with E-state index < -0.39 is 0 Å². The van der Waals surface area contributed by atoms with Gasteiger partial charge in [0.2, 0.25) is 0 Å². The highest BCUT2D eigenvalue weighted by Crippen LogP contribution is 2.59. The summed E-state index contributed by atoms with van der Waals surface area (Å²) in [7, 11) is 0. The van der Waals surface area contributed by atoms with Crippen molar-refractivity contribution in [3.8, 4) is 0 Å². The predicted molar refractivity (Wildman–Crippen MR) is 119 cm³/mol. The highest BCUT2D eigenvalue weighted by molar-refractivity contribution is 5.02. The lowest BCUT2D eigenvalue weighted by Gasteiger charge is -2.60. The van der Waals surface area contributed by atoms with Crippen molar-refractivity contribution in [2.45, 2.75) is 96.4 Å². The molecule has 26 heavy (non-hydrogen) atoms. The molecule has 0 heteroatoms. The quantitative estimate of drug-likeness (QED) is 0.385. The lowest BCUT2D eigenvalue weighted by Crippen LogP contribution is -2.54. The fraction of sp³-hybridized carbons (Fsp3) is 1.00. The van der Waals surface area contributed by atoms with E-state index in [0.29, 0.717) is 5.41 Å². The summed E-state index contributed by atoms with van der Waals surface area (Å²) in [6.45, 7) is 32.5. The molecule has 0 radical (unpaired) electrons. The normalized spacial score (nSPS) is 33.7. The van der Waals surface area contributed by atoms with Crippen LogP contribution in [0.15, 0.2) is 0 Å². The van der Waals surface area contributed by atoms with Crippen molar-refractivity contribution in [3.63, 3.8) is 0 Å². The summed E-state index contributed by atoms with van der Waals surface area (Å²) in [4.78, 5) is 0. The predicted octanol–water partition coefficient (Wildman–Crippen LogP) is 8.41. The Morgan fingerprint density at radius 3 is 1.50 bits per heavy atom. The molecule has 0 heterocycles. The Kier molecular flexibility index (Phi) is 8.32. The summed E-state index contributed by atoms with van der Waals surface area (Å²) < 4.78 is 0. The van der Waals surface area contributed by atoms with Crippen LogP contribution in [-0.2, 0) is 0 Å². The Morgan fingerprint density at radius 1 is 0.692 bits per heavy atom. The van der Waals surface area contributed by atoms with Crippen molar-refractivity contribution < 1.29 is 0 Å². The van der Waals surface area contributed by atoms with E-state index in [1.165, 1.54) is 6.42 Å². The van der Waals surface area contributed by atoms with Crippen molar-refractivity contribution in [2.24, 2.45) is 70.5 Å². The fourth-order valence-electron chi connectivity index (χ4n) is 6.75. The molecule has 9 atom stereocenters. The van der Waals surface area contributed by atoms with E-state index in [2.05, 4.69) is 90.0 Å². The molecular weight excluding hydrogens is 312 g/mol. The van der Waals surface area contributed by atoms with Crippen molar-refractivity contribution >= 4 is 0 Å². The van der Waals surface area contributed by atoms with Gasteiger partial charge >= 0.3 is 0 Å². The summed E-state index contributed by atoms with van der Waals surface area (Å²) in [6.07, 6.45) is 1.31. The van der Waals surface area contributed by atoms with E-state index in [-0.39, 0.29) is 0 Å². The van der Waals surface area contributed by atoms with Gasteiger partial charge in [-0.1, -0.05) is 96.4 Å². The van der Waals surface area contributed by atoms with Gasteiger partial charge in [-0.3, -0.25) is 0 Å². The minimum Gasteiger partial charge on any atom is -0.0651 e. The van der Waals surface area contributed by atoms with Gasteiger partial charge in [-0.2, -0.15) is 0 Å². The molecule has 0 nitrogen and oxygen atoms in total. The molecular formula is C26H52. The van der Waals surface area contributed by atoms with Gasteiger partial charge in [0.25, 0.3) is 0 Å². The molecule has 1 aliphatic rings. The van der Waals surface area contributed by atoms with Crippen LogP contribution in [0.4, 0.5) is 0 Å². The van der Waals surface area contributed by atoms with Gasteiger partial charge in [0.1, 0.15) is 0 Å². The highest BCUT2D eigenvalue weighted by atomic mass is 14.6. The molecule has 0 spiro atoms. The topological polar surface area (TPSA) is 0 Å². The molecule has 1 rings (SSSR count). The van der Waals surface area contributed by atoms with E-state index in [0.717, 1.165) is 65.1 Å². The maximum Gasteiger partial charge on any atom is -0.0297 e. The zero-order valence-corrected chi connectivity index (χ0v) is 20.6. The molecule has 0 aromatic rings. The van der Waals surface area contributed by atoms with Gasteiger partial charge in [0, 0.05) is 0 Å². The van der Waals surface area contributed by atoms with Crippen LogP contribution in [0.25, 0.3) is 0 Å². The first-order valence-electron chi connectivity index (χ1n) is 11.8. The standard InChI is InChI=1S/C26H52/c1-14-16(4)17(5)19(7)24(15(2)3)20(8)18(6)21(9)25-22(10)26(12,13)23(25)11/h15-25H,14H2,1-13H3. The van der Waals surface area contributed by atoms with Gasteiger partial charge in [-0.05, 0) is 70.5 Å². The Balaban J connectivity index is 2.93. The Bertz CT molecular complexity index is 408. The lowest BCUT2D eigenvalue weighted by molar-refractivity contribution is -0.121. The summed E-state index contributed by atoms with van der Waals surface area (Å²) in [5, 5.41) is 0. The zero-order valence-electron chi connectivity index (χ0n) is 20.6. The first-order valence-corrected chi connectivity index (χ1v) is 11.8. The summed E-state index contributed by atoms with van der Waals surface area (Å²) >= 11 is 0. The molecule has 0 aromatic heterocycles. The van der Waals surface area contributed by atoms with Crippen molar-refractivity contribution in [2.75, 3.05) is 0 Å². The van der Waals surface area contributed by atoms with Gasteiger partial charge in [0.15, 0.2) is 0 Å². The number of hydrogen-bond acceptors (Lipinski definition) is 0. The second-order valence-corrected chi connectivity index (χ2v) is 11.5. The minimum atomic E-state index is 0.525. The average Bonchev–Trinajstić information content (AvgIpc) is 2.59. The van der Waals surface area contributed by atoms with Crippen LogP contribution in [0.2, 0.25) is 0 Å². The van der Waals surface area contributed by atoms with Crippen molar-refractivity contribution in [3.05, 3.63) is 0 Å². The molecule has 156 valence electrons. The SMILES string of the molecule is CCC(C)C(C)C(C)C(C(C)C)C(C)C(C)C(C)C1C(C)C(C)(C)C1C. The number of rotatable bonds is 9. The lowest BCUT2D eigenvalue weighted by atomic mass is 9.45. The van der Waals surface area contributed by atoms with E-state index >= 15 is 0 Å². The molecule has 0 N–H and O–H groups in total. The smallest absolute Gasteiger partial charge is 0.0297 e. The third-order valence-electron chi connectivity index (χ3n) is 10.1. The Labute approximate surface area is 167 Å². The zero-order chi connectivity index (χ0) is 20.6. The van der Waals surface area contributed by atoms with Gasteiger partial charge in [-0.15, -0.1) is 0 Å². The Morgan fingerprint density at radius 2 is 1.12 bits per heavy atom. The molecule has 0 bridgehead atoms. The van der Waals surface area contributed by atoms with Crippen LogP contribution in [0, 0.1) is 70.5 Å². The van der Waals surface area contributed by atoms with Crippen LogP contribution in [0.1, 0.15) is 96.4 Å². The Hall–Kier alpha value is 0. The highest BCUT2D eigenvalue weighted by Gasteiger charge is 2.54. The van der Waals surface area contributed by atoms with E-state index in [9.17, 15) is 0 Å². The van der Waals surface area contributed by atoms with Crippen molar-refractivity contribution in [1.82, 2.24) is 0 Å². The van der Waals surface area contributed by atoms with Crippen molar-refractivity contribution in [1.29, 1.82) is 0 Å². The fourth-order valence-corrected chi connectivity index (χ4v) is 6.75. The van der Waals surface area contributed by atoms with Gasteiger partial charge < -0.3 is 0 Å². The van der Waals surface area contributed by atoms with E-state index in [1.54, 1.807) is 0 Å². The molecule has 1 saturated carbocycles. The van der Waals surface area contributed by atoms with Gasteiger partial charge in [0.05, 0.1) is 0 Å². The van der Waals surface area contributed by atoms with Gasteiger partial charge in [-0.25, -0.2) is 0 Å². The van der Waals surface area contributed by atoms with E-state index in [1.807, 2.05) is 0 Å². The summed E-state index contributed by atoms with van der Waals surface area (Å²) in [5.41, 5.74) is 0.525. The first kappa shape index (κ1) is 24.0. The van der Waals surface area contributed by atoms with Crippen LogP contribution in [0.3, 0.4) is 0 Å². The molecule has 0 aliphatic heterocycles. The molecule has 0 amide bonds. The van der Waals surface area contributed by atoms with Crippen LogP contribution >= 0.6 is 0 Å². The average molecular weight is 365 g/mol. The van der Waals surface area contributed by atoms with Crippen LogP contribution in [-0.4, -0.2) is 0 Å².